The molecule has 0 aliphatic heterocycles. The lowest BCUT2D eigenvalue weighted by Gasteiger charge is -2.09. The topological polar surface area (TPSA) is 29.5 Å². The van der Waals surface area contributed by atoms with Crippen LogP contribution in [0.2, 0.25) is 0 Å². The summed E-state index contributed by atoms with van der Waals surface area (Å²) in [5.41, 5.74) is 0.803. The second-order valence-electron chi connectivity index (χ2n) is 2.84. The Balaban J connectivity index is 2.71. The minimum atomic E-state index is -0.00327. The van der Waals surface area contributed by atoms with E-state index in [1.807, 2.05) is 18.2 Å². The summed E-state index contributed by atoms with van der Waals surface area (Å²) in [4.78, 5) is 0. The van der Waals surface area contributed by atoms with Gasteiger partial charge in [0.05, 0.1) is 13.2 Å². The quantitative estimate of drug-likeness (QED) is 0.649. The van der Waals surface area contributed by atoms with E-state index in [1.165, 1.54) is 0 Å². The van der Waals surface area contributed by atoms with Crippen LogP contribution in [0, 0.1) is 0 Å². The smallest absolute Gasteiger partial charge is 0.125 e. The van der Waals surface area contributed by atoms with Gasteiger partial charge in [-0.15, -0.1) is 6.58 Å². The third-order valence-corrected chi connectivity index (χ3v) is 2.27. The zero-order valence-electron chi connectivity index (χ0n) is 7.87. The van der Waals surface area contributed by atoms with Gasteiger partial charge in [0, 0.05) is 10.0 Å². The highest BCUT2D eigenvalue weighted by atomic mass is 79.9. The molecule has 0 unspecified atom stereocenters. The molecule has 2 nitrogen and oxygen atoms in total. The van der Waals surface area contributed by atoms with Gasteiger partial charge in [-0.05, 0) is 18.6 Å². The Morgan fingerprint density at radius 2 is 2.29 bits per heavy atom. The third kappa shape index (κ3) is 3.16. The lowest BCUT2D eigenvalue weighted by atomic mass is 10.2. The van der Waals surface area contributed by atoms with Crippen LogP contribution in [0.1, 0.15) is 12.0 Å². The average Bonchev–Trinajstić information content (AvgIpc) is 2.19. The number of aliphatic hydroxyl groups excluding tert-OH is 1. The van der Waals surface area contributed by atoms with Crippen molar-refractivity contribution in [3.05, 3.63) is 40.9 Å². The van der Waals surface area contributed by atoms with Gasteiger partial charge in [-0.2, -0.15) is 0 Å². The number of aliphatic hydroxyl groups is 1. The highest BCUT2D eigenvalue weighted by molar-refractivity contribution is 9.10. The van der Waals surface area contributed by atoms with Crippen LogP contribution < -0.4 is 4.74 Å². The van der Waals surface area contributed by atoms with E-state index in [0.29, 0.717) is 6.61 Å². The first kappa shape index (κ1) is 11.3. The summed E-state index contributed by atoms with van der Waals surface area (Å²) < 4.78 is 6.44. The summed E-state index contributed by atoms with van der Waals surface area (Å²) in [6.45, 7) is 4.20. The molecule has 1 aromatic rings. The van der Waals surface area contributed by atoms with E-state index in [9.17, 15) is 0 Å². The van der Waals surface area contributed by atoms with E-state index < -0.39 is 0 Å². The summed E-state index contributed by atoms with van der Waals surface area (Å²) >= 11 is 3.35. The van der Waals surface area contributed by atoms with Crippen molar-refractivity contribution in [1.29, 1.82) is 0 Å². The maximum atomic E-state index is 9.05. The molecule has 0 amide bonds. The van der Waals surface area contributed by atoms with Gasteiger partial charge in [-0.3, -0.25) is 0 Å². The SMILES string of the molecule is C=CCCOc1cc(Br)ccc1CO. The Kier molecular flexibility index (Phi) is 4.70. The molecule has 14 heavy (non-hydrogen) atoms. The number of halogens is 1. The Morgan fingerprint density at radius 1 is 1.50 bits per heavy atom. The van der Waals surface area contributed by atoms with E-state index in [-0.39, 0.29) is 6.61 Å². The van der Waals surface area contributed by atoms with E-state index in [4.69, 9.17) is 9.84 Å². The van der Waals surface area contributed by atoms with E-state index in [2.05, 4.69) is 22.5 Å². The van der Waals surface area contributed by atoms with E-state index in [0.717, 1.165) is 22.2 Å². The molecular weight excluding hydrogens is 244 g/mol. The first-order valence-corrected chi connectivity index (χ1v) is 5.20. The molecular formula is C11H13BrO2. The number of hydrogen-bond acceptors (Lipinski definition) is 2. The molecule has 0 radical (unpaired) electrons. The van der Waals surface area contributed by atoms with Crippen LogP contribution in [-0.2, 0) is 6.61 Å². The molecule has 0 heterocycles. The van der Waals surface area contributed by atoms with Gasteiger partial charge in [-0.25, -0.2) is 0 Å². The first-order chi connectivity index (χ1) is 6.77. The Bertz CT molecular complexity index is 310. The largest absolute Gasteiger partial charge is 0.493 e. The molecule has 0 spiro atoms. The molecule has 3 heteroatoms. The van der Waals surface area contributed by atoms with Gasteiger partial charge in [0.15, 0.2) is 0 Å². The van der Waals surface area contributed by atoms with Crippen molar-refractivity contribution in [3.8, 4) is 5.75 Å². The number of benzene rings is 1. The van der Waals surface area contributed by atoms with Crippen molar-refractivity contribution < 1.29 is 9.84 Å². The summed E-state index contributed by atoms with van der Waals surface area (Å²) in [6.07, 6.45) is 2.61. The molecule has 1 N–H and O–H groups in total. The van der Waals surface area contributed by atoms with Crippen LogP contribution in [0.25, 0.3) is 0 Å². The fourth-order valence-electron chi connectivity index (χ4n) is 1.05. The van der Waals surface area contributed by atoms with Gasteiger partial charge in [0.25, 0.3) is 0 Å². The molecule has 0 aromatic heterocycles. The zero-order chi connectivity index (χ0) is 10.4. The van der Waals surface area contributed by atoms with Crippen LogP contribution in [0.15, 0.2) is 35.3 Å². The fraction of sp³-hybridized carbons (Fsp3) is 0.273. The maximum absolute atomic E-state index is 9.05. The molecule has 76 valence electrons. The Labute approximate surface area is 92.3 Å². The van der Waals surface area contributed by atoms with E-state index >= 15 is 0 Å². The lowest BCUT2D eigenvalue weighted by molar-refractivity contribution is 0.264. The van der Waals surface area contributed by atoms with Crippen molar-refractivity contribution in [2.45, 2.75) is 13.0 Å². The van der Waals surface area contributed by atoms with Crippen molar-refractivity contribution in [2.24, 2.45) is 0 Å². The first-order valence-electron chi connectivity index (χ1n) is 4.41. The van der Waals surface area contributed by atoms with Crippen molar-refractivity contribution >= 4 is 15.9 Å². The average molecular weight is 257 g/mol. The van der Waals surface area contributed by atoms with Crippen LogP contribution >= 0.6 is 15.9 Å². The summed E-state index contributed by atoms with van der Waals surface area (Å²) in [7, 11) is 0. The number of hydrogen-bond donors (Lipinski definition) is 1. The molecule has 0 aliphatic carbocycles. The molecule has 0 atom stereocenters. The van der Waals surface area contributed by atoms with Gasteiger partial charge >= 0.3 is 0 Å². The van der Waals surface area contributed by atoms with Crippen LogP contribution in [-0.4, -0.2) is 11.7 Å². The van der Waals surface area contributed by atoms with Crippen LogP contribution in [0.4, 0.5) is 0 Å². The van der Waals surface area contributed by atoms with Gasteiger partial charge < -0.3 is 9.84 Å². The molecule has 0 bridgehead atoms. The van der Waals surface area contributed by atoms with Gasteiger partial charge in [-0.1, -0.05) is 28.1 Å². The van der Waals surface area contributed by atoms with Crippen molar-refractivity contribution in [1.82, 2.24) is 0 Å². The monoisotopic (exact) mass is 256 g/mol. The minimum Gasteiger partial charge on any atom is -0.493 e. The minimum absolute atomic E-state index is 0.00327. The molecule has 0 saturated heterocycles. The Hall–Kier alpha value is -0.800. The van der Waals surface area contributed by atoms with E-state index in [1.54, 1.807) is 6.08 Å². The Morgan fingerprint density at radius 3 is 2.93 bits per heavy atom. The predicted octanol–water partition coefficient (Wildman–Crippen LogP) is 2.90. The molecule has 1 rings (SSSR count). The standard InChI is InChI=1S/C11H13BrO2/c1-2-3-6-14-11-7-10(12)5-4-9(11)8-13/h2,4-5,7,13H,1,3,6,8H2. The van der Waals surface area contributed by atoms with Gasteiger partial charge in [0.1, 0.15) is 5.75 Å². The van der Waals surface area contributed by atoms with Crippen LogP contribution in [0.5, 0.6) is 5.75 Å². The normalized spacial score (nSPS) is 9.86. The van der Waals surface area contributed by atoms with Crippen molar-refractivity contribution in [3.63, 3.8) is 0 Å². The highest BCUT2D eigenvalue weighted by Gasteiger charge is 2.02. The predicted molar refractivity (Wildman–Crippen MR) is 60.4 cm³/mol. The second-order valence-corrected chi connectivity index (χ2v) is 3.75. The maximum Gasteiger partial charge on any atom is 0.125 e. The zero-order valence-corrected chi connectivity index (χ0v) is 9.46. The van der Waals surface area contributed by atoms with Crippen molar-refractivity contribution in [2.75, 3.05) is 6.61 Å². The lowest BCUT2D eigenvalue weighted by Crippen LogP contribution is -1.99. The molecule has 1 aromatic carbocycles. The van der Waals surface area contributed by atoms with Crippen LogP contribution in [0.3, 0.4) is 0 Å². The second kappa shape index (κ2) is 5.83. The molecule has 0 saturated carbocycles. The molecule has 0 aliphatic rings. The summed E-state index contributed by atoms with van der Waals surface area (Å²) in [6, 6.07) is 5.58. The highest BCUT2D eigenvalue weighted by Crippen LogP contribution is 2.23. The fourth-order valence-corrected chi connectivity index (χ4v) is 1.39. The summed E-state index contributed by atoms with van der Waals surface area (Å²) in [5, 5.41) is 9.05. The summed E-state index contributed by atoms with van der Waals surface area (Å²) in [5.74, 6) is 0.726. The molecule has 0 fully saturated rings. The number of ether oxygens (including phenoxy) is 1. The number of rotatable bonds is 5. The van der Waals surface area contributed by atoms with Gasteiger partial charge in [0.2, 0.25) is 0 Å². The third-order valence-electron chi connectivity index (χ3n) is 1.78.